The summed E-state index contributed by atoms with van der Waals surface area (Å²) in [6, 6.07) is 14.3. The molecule has 0 atom stereocenters. The van der Waals surface area contributed by atoms with Crippen molar-refractivity contribution in [2.24, 2.45) is 5.92 Å². The van der Waals surface area contributed by atoms with Gasteiger partial charge < -0.3 is 10.2 Å². The van der Waals surface area contributed by atoms with Crippen molar-refractivity contribution < 1.29 is 13.2 Å². The average Bonchev–Trinajstić information content (AvgIpc) is 2.82. The van der Waals surface area contributed by atoms with Gasteiger partial charge in [-0.1, -0.05) is 12.1 Å². The fraction of sp³-hybridized carbons (Fsp3) is 0.417. The summed E-state index contributed by atoms with van der Waals surface area (Å²) in [5, 5.41) is 11.9. The Labute approximate surface area is 189 Å². The van der Waals surface area contributed by atoms with Gasteiger partial charge in [-0.05, 0) is 67.1 Å². The van der Waals surface area contributed by atoms with Crippen LogP contribution in [0.4, 0.5) is 5.69 Å². The SMILES string of the molecule is CN1CCCc2cc(CNC(=O)C3CCN(S(=O)(=O)c4ccc(C#N)cc4)CC3)ccc21. The van der Waals surface area contributed by atoms with Gasteiger partial charge in [-0.2, -0.15) is 9.57 Å². The maximum Gasteiger partial charge on any atom is 0.243 e. The number of aryl methyl sites for hydroxylation is 1. The molecule has 1 fully saturated rings. The first-order valence-corrected chi connectivity index (χ1v) is 12.4. The minimum Gasteiger partial charge on any atom is -0.374 e. The van der Waals surface area contributed by atoms with Gasteiger partial charge in [0.1, 0.15) is 0 Å². The van der Waals surface area contributed by atoms with Crippen LogP contribution >= 0.6 is 0 Å². The van der Waals surface area contributed by atoms with Gasteiger partial charge in [0.05, 0.1) is 16.5 Å². The number of carbonyl (C=O) groups excluding carboxylic acids is 1. The number of nitriles is 1. The Bertz CT molecular complexity index is 1130. The van der Waals surface area contributed by atoms with Crippen LogP contribution in [-0.2, 0) is 27.8 Å². The number of hydrogen-bond acceptors (Lipinski definition) is 5. The number of carbonyl (C=O) groups is 1. The van der Waals surface area contributed by atoms with E-state index in [0.29, 0.717) is 38.0 Å². The van der Waals surface area contributed by atoms with Crippen molar-refractivity contribution in [2.45, 2.75) is 37.1 Å². The average molecular weight is 453 g/mol. The highest BCUT2D eigenvalue weighted by molar-refractivity contribution is 7.89. The lowest BCUT2D eigenvalue weighted by Crippen LogP contribution is -2.42. The zero-order valence-electron chi connectivity index (χ0n) is 18.3. The predicted octanol–water partition coefficient (Wildman–Crippen LogP) is 2.66. The summed E-state index contributed by atoms with van der Waals surface area (Å²) in [4.78, 5) is 15.1. The number of rotatable bonds is 5. The maximum absolute atomic E-state index is 12.9. The Kier molecular flexibility index (Phi) is 6.49. The lowest BCUT2D eigenvalue weighted by Gasteiger charge is -2.30. The molecule has 1 N–H and O–H groups in total. The van der Waals surface area contributed by atoms with Gasteiger partial charge in [0.25, 0.3) is 0 Å². The van der Waals surface area contributed by atoms with E-state index in [1.54, 1.807) is 0 Å². The molecule has 7 nitrogen and oxygen atoms in total. The van der Waals surface area contributed by atoms with Crippen LogP contribution in [0.1, 0.15) is 36.0 Å². The number of nitrogens with zero attached hydrogens (tertiary/aromatic N) is 3. The van der Waals surface area contributed by atoms with Crippen molar-refractivity contribution in [3.63, 3.8) is 0 Å². The number of sulfonamides is 1. The summed E-state index contributed by atoms with van der Waals surface area (Å²) in [7, 11) is -1.51. The quantitative estimate of drug-likeness (QED) is 0.753. The molecule has 0 aromatic heterocycles. The smallest absolute Gasteiger partial charge is 0.243 e. The lowest BCUT2D eigenvalue weighted by molar-refractivity contribution is -0.126. The first-order chi connectivity index (χ1) is 15.4. The standard InChI is InChI=1S/C24H28N4O3S/c1-27-12-2-3-21-15-19(6-9-23(21)27)17-26-24(29)20-10-13-28(14-11-20)32(30,31)22-7-4-18(16-25)5-8-22/h4-9,15,20H,2-3,10-14,17H2,1H3,(H,26,29). The van der Waals surface area contributed by atoms with E-state index in [0.717, 1.165) is 24.9 Å². The molecular weight excluding hydrogens is 424 g/mol. The molecule has 1 saturated heterocycles. The normalized spacial score (nSPS) is 17.4. The van der Waals surface area contributed by atoms with Crippen molar-refractivity contribution in [1.82, 2.24) is 9.62 Å². The van der Waals surface area contributed by atoms with E-state index in [1.807, 2.05) is 6.07 Å². The van der Waals surface area contributed by atoms with E-state index in [1.165, 1.54) is 39.8 Å². The molecule has 32 heavy (non-hydrogen) atoms. The van der Waals surface area contributed by atoms with Crippen LogP contribution in [0.15, 0.2) is 47.4 Å². The second-order valence-electron chi connectivity index (χ2n) is 8.52. The minimum atomic E-state index is -3.62. The fourth-order valence-electron chi connectivity index (χ4n) is 4.49. The minimum absolute atomic E-state index is 0.0183. The highest BCUT2D eigenvalue weighted by Crippen LogP contribution is 2.27. The van der Waals surface area contributed by atoms with Crippen LogP contribution in [0.2, 0.25) is 0 Å². The van der Waals surface area contributed by atoms with E-state index in [-0.39, 0.29) is 16.7 Å². The topological polar surface area (TPSA) is 93.5 Å². The second-order valence-corrected chi connectivity index (χ2v) is 10.5. The molecule has 0 spiro atoms. The largest absolute Gasteiger partial charge is 0.374 e. The van der Waals surface area contributed by atoms with Crippen LogP contribution in [0.5, 0.6) is 0 Å². The third-order valence-electron chi connectivity index (χ3n) is 6.41. The summed E-state index contributed by atoms with van der Waals surface area (Å²) < 4.78 is 27.1. The van der Waals surface area contributed by atoms with Gasteiger partial charge >= 0.3 is 0 Å². The molecule has 0 bridgehead atoms. The van der Waals surface area contributed by atoms with Crippen molar-refractivity contribution in [3.8, 4) is 6.07 Å². The lowest BCUT2D eigenvalue weighted by atomic mass is 9.96. The van der Waals surface area contributed by atoms with Crippen molar-refractivity contribution >= 4 is 21.6 Å². The van der Waals surface area contributed by atoms with Crippen molar-refractivity contribution in [2.75, 3.05) is 31.6 Å². The molecule has 0 radical (unpaired) electrons. The Morgan fingerprint density at radius 2 is 1.84 bits per heavy atom. The summed E-state index contributed by atoms with van der Waals surface area (Å²) in [5.41, 5.74) is 4.10. The molecule has 0 aliphatic carbocycles. The van der Waals surface area contributed by atoms with Gasteiger partial charge in [-0.25, -0.2) is 8.42 Å². The number of amides is 1. The molecule has 1 amide bonds. The van der Waals surface area contributed by atoms with Gasteiger partial charge in [0.15, 0.2) is 0 Å². The Hall–Kier alpha value is -2.89. The molecular formula is C24H28N4O3S. The molecule has 2 heterocycles. The number of benzene rings is 2. The van der Waals surface area contributed by atoms with Gasteiger partial charge in [0.2, 0.25) is 15.9 Å². The third-order valence-corrected chi connectivity index (χ3v) is 8.32. The predicted molar refractivity (Wildman–Crippen MR) is 123 cm³/mol. The van der Waals surface area contributed by atoms with E-state index < -0.39 is 10.0 Å². The third kappa shape index (κ3) is 4.64. The summed E-state index contributed by atoms with van der Waals surface area (Å²) in [6.45, 7) is 2.18. The Balaban J connectivity index is 1.31. The van der Waals surface area contributed by atoms with Crippen LogP contribution in [0.3, 0.4) is 0 Å². The zero-order valence-corrected chi connectivity index (χ0v) is 19.1. The first kappa shape index (κ1) is 22.3. The number of anilines is 1. The maximum atomic E-state index is 12.9. The van der Waals surface area contributed by atoms with Crippen LogP contribution in [-0.4, -0.2) is 45.3 Å². The highest BCUT2D eigenvalue weighted by atomic mass is 32.2. The van der Waals surface area contributed by atoms with E-state index >= 15 is 0 Å². The van der Waals surface area contributed by atoms with E-state index in [2.05, 4.69) is 35.5 Å². The zero-order chi connectivity index (χ0) is 22.7. The molecule has 0 unspecified atom stereocenters. The number of fused-ring (bicyclic) bond motifs is 1. The summed E-state index contributed by atoms with van der Waals surface area (Å²) >= 11 is 0. The Morgan fingerprint density at radius 1 is 1.12 bits per heavy atom. The molecule has 2 aromatic rings. The molecule has 4 rings (SSSR count). The second kappa shape index (κ2) is 9.31. The van der Waals surface area contributed by atoms with Crippen molar-refractivity contribution in [3.05, 3.63) is 59.2 Å². The highest BCUT2D eigenvalue weighted by Gasteiger charge is 2.32. The number of piperidine rings is 1. The van der Waals surface area contributed by atoms with Crippen molar-refractivity contribution in [1.29, 1.82) is 5.26 Å². The molecule has 8 heteroatoms. The summed E-state index contributed by atoms with van der Waals surface area (Å²) in [5.74, 6) is -0.207. The van der Waals surface area contributed by atoms with Gasteiger partial charge in [0, 0.05) is 44.8 Å². The van der Waals surface area contributed by atoms with Crippen LogP contribution in [0.25, 0.3) is 0 Å². The molecule has 2 aromatic carbocycles. The molecule has 2 aliphatic heterocycles. The van der Waals surface area contributed by atoms with Gasteiger partial charge in [-0.3, -0.25) is 4.79 Å². The summed E-state index contributed by atoms with van der Waals surface area (Å²) in [6.07, 6.45) is 3.20. The van der Waals surface area contributed by atoms with Gasteiger partial charge in [-0.15, -0.1) is 0 Å². The fourth-order valence-corrected chi connectivity index (χ4v) is 5.96. The molecule has 2 aliphatic rings. The van der Waals surface area contributed by atoms with E-state index in [4.69, 9.17) is 5.26 Å². The Morgan fingerprint density at radius 3 is 2.53 bits per heavy atom. The number of nitrogens with one attached hydrogen (secondary N) is 1. The monoisotopic (exact) mass is 452 g/mol. The molecule has 168 valence electrons. The van der Waals surface area contributed by atoms with Crippen LogP contribution < -0.4 is 10.2 Å². The number of hydrogen-bond donors (Lipinski definition) is 1. The first-order valence-electron chi connectivity index (χ1n) is 11.0. The van der Waals surface area contributed by atoms with Crippen LogP contribution in [0, 0.1) is 17.2 Å². The molecule has 0 saturated carbocycles. The van der Waals surface area contributed by atoms with E-state index in [9.17, 15) is 13.2 Å².